The van der Waals surface area contributed by atoms with Crippen LogP contribution in [-0.2, 0) is 10.0 Å². The fourth-order valence-electron chi connectivity index (χ4n) is 2.34. The third kappa shape index (κ3) is 4.57. The average molecular weight is 313 g/mol. The monoisotopic (exact) mass is 313 g/mol. The van der Waals surface area contributed by atoms with Crippen molar-refractivity contribution in [1.82, 2.24) is 9.80 Å². The smallest absolute Gasteiger partial charge is 0.240 e. The van der Waals surface area contributed by atoms with Crippen LogP contribution >= 0.6 is 0 Å². The molecule has 2 rings (SSSR count). The molecule has 1 aromatic rings. The lowest BCUT2D eigenvalue weighted by Gasteiger charge is -2.32. The van der Waals surface area contributed by atoms with E-state index in [1.165, 1.54) is 6.07 Å². The Labute approximate surface area is 125 Å². The van der Waals surface area contributed by atoms with Gasteiger partial charge in [-0.05, 0) is 25.2 Å². The van der Waals surface area contributed by atoms with E-state index >= 15 is 0 Å². The summed E-state index contributed by atoms with van der Waals surface area (Å²) < 4.78 is 23.1. The minimum atomic E-state index is -3.78. The first-order valence-corrected chi connectivity index (χ1v) is 8.48. The van der Waals surface area contributed by atoms with Crippen LogP contribution in [0.5, 0.6) is 0 Å². The van der Waals surface area contributed by atoms with Crippen LogP contribution in [0.3, 0.4) is 0 Å². The summed E-state index contributed by atoms with van der Waals surface area (Å²) in [6, 6.07) is 4.69. The predicted octanol–water partition coefficient (Wildman–Crippen LogP) is -0.424. The van der Waals surface area contributed by atoms with E-state index in [1.54, 1.807) is 12.1 Å². The van der Waals surface area contributed by atoms with Crippen molar-refractivity contribution in [2.75, 3.05) is 57.4 Å². The number of likely N-dealkylation sites (N-methyl/N-ethyl adjacent to an activating group) is 1. The van der Waals surface area contributed by atoms with Crippen LogP contribution in [0.4, 0.5) is 11.4 Å². The number of piperazine rings is 1. The summed E-state index contributed by atoms with van der Waals surface area (Å²) in [7, 11) is -1.67. The van der Waals surface area contributed by atoms with E-state index in [-0.39, 0.29) is 4.90 Å². The number of rotatable bonds is 5. The third-order valence-electron chi connectivity index (χ3n) is 3.65. The van der Waals surface area contributed by atoms with Gasteiger partial charge in [0.05, 0.1) is 5.69 Å². The van der Waals surface area contributed by atoms with Gasteiger partial charge in [-0.1, -0.05) is 0 Å². The lowest BCUT2D eigenvalue weighted by Crippen LogP contribution is -2.45. The molecule has 0 bridgehead atoms. The van der Waals surface area contributed by atoms with Crippen LogP contribution in [0.25, 0.3) is 0 Å². The zero-order valence-corrected chi connectivity index (χ0v) is 13.1. The molecule has 1 aromatic carbocycles. The van der Waals surface area contributed by atoms with Crippen LogP contribution in [0.15, 0.2) is 23.1 Å². The molecule has 0 aromatic heterocycles. The Morgan fingerprint density at radius 1 is 1.24 bits per heavy atom. The molecular formula is C13H23N5O2S. The maximum Gasteiger partial charge on any atom is 0.240 e. The van der Waals surface area contributed by atoms with Crippen molar-refractivity contribution in [1.29, 1.82) is 0 Å². The summed E-state index contributed by atoms with van der Waals surface area (Å²) in [6.07, 6.45) is 0. The van der Waals surface area contributed by atoms with Crippen molar-refractivity contribution in [3.05, 3.63) is 18.2 Å². The highest BCUT2D eigenvalue weighted by atomic mass is 32.2. The Morgan fingerprint density at radius 3 is 2.52 bits per heavy atom. The molecule has 0 saturated carbocycles. The van der Waals surface area contributed by atoms with Gasteiger partial charge in [0.2, 0.25) is 10.0 Å². The molecule has 1 saturated heterocycles. The fourth-order valence-corrected chi connectivity index (χ4v) is 3.09. The van der Waals surface area contributed by atoms with Crippen LogP contribution in [0, 0.1) is 0 Å². The number of primary sulfonamides is 1. The molecule has 1 heterocycles. The summed E-state index contributed by atoms with van der Waals surface area (Å²) in [5.74, 6) is 0. The predicted molar refractivity (Wildman–Crippen MR) is 84.7 cm³/mol. The van der Waals surface area contributed by atoms with Crippen molar-refractivity contribution in [2.45, 2.75) is 4.90 Å². The summed E-state index contributed by atoms with van der Waals surface area (Å²) in [6.45, 7) is 5.71. The van der Waals surface area contributed by atoms with E-state index in [1.807, 2.05) is 0 Å². The molecule has 1 fully saturated rings. The standard InChI is InChI=1S/C13H23N5O2S/c1-17-6-8-18(9-7-17)5-4-16-12-3-2-11(14)10-13(12)21(15,19)20/h2-3,10,16H,4-9,14H2,1H3,(H2,15,19,20). The first-order valence-electron chi connectivity index (χ1n) is 6.93. The molecule has 0 spiro atoms. The van der Waals surface area contributed by atoms with Gasteiger partial charge in [0.25, 0.3) is 0 Å². The second kappa shape index (κ2) is 6.61. The number of hydrogen-bond acceptors (Lipinski definition) is 6. The minimum absolute atomic E-state index is 0.0425. The Morgan fingerprint density at radius 2 is 1.90 bits per heavy atom. The number of nitrogens with two attached hydrogens (primary N) is 2. The first-order chi connectivity index (χ1) is 9.86. The highest BCUT2D eigenvalue weighted by Crippen LogP contribution is 2.22. The zero-order valence-electron chi connectivity index (χ0n) is 12.2. The van der Waals surface area contributed by atoms with Crippen LogP contribution in [-0.4, -0.2) is 64.5 Å². The highest BCUT2D eigenvalue weighted by Gasteiger charge is 2.16. The molecule has 5 N–H and O–H groups in total. The zero-order chi connectivity index (χ0) is 15.5. The molecule has 1 aliphatic rings. The molecule has 0 atom stereocenters. The van der Waals surface area contributed by atoms with Crippen molar-refractivity contribution < 1.29 is 8.42 Å². The Bertz CT molecular complexity index is 582. The largest absolute Gasteiger partial charge is 0.399 e. The van der Waals surface area contributed by atoms with E-state index in [2.05, 4.69) is 22.2 Å². The molecule has 7 nitrogen and oxygen atoms in total. The maximum atomic E-state index is 11.6. The highest BCUT2D eigenvalue weighted by molar-refractivity contribution is 7.89. The molecule has 0 aliphatic carbocycles. The van der Waals surface area contributed by atoms with Gasteiger partial charge in [0, 0.05) is 45.0 Å². The number of nitrogens with one attached hydrogen (secondary N) is 1. The quantitative estimate of drug-likeness (QED) is 0.638. The normalized spacial score (nSPS) is 17.8. The molecule has 118 valence electrons. The summed E-state index contributed by atoms with van der Waals surface area (Å²) in [5, 5.41) is 8.35. The Balaban J connectivity index is 1.94. The second-order valence-corrected chi connectivity index (χ2v) is 6.90. The summed E-state index contributed by atoms with van der Waals surface area (Å²) in [4.78, 5) is 4.69. The van der Waals surface area contributed by atoms with Crippen molar-refractivity contribution >= 4 is 21.4 Å². The van der Waals surface area contributed by atoms with Crippen LogP contribution in [0.2, 0.25) is 0 Å². The van der Waals surface area contributed by atoms with Gasteiger partial charge in [-0.25, -0.2) is 13.6 Å². The van der Waals surface area contributed by atoms with Crippen molar-refractivity contribution in [3.63, 3.8) is 0 Å². The molecule has 0 radical (unpaired) electrons. The van der Waals surface area contributed by atoms with Gasteiger partial charge in [-0.15, -0.1) is 0 Å². The fraction of sp³-hybridized carbons (Fsp3) is 0.538. The van der Waals surface area contributed by atoms with Gasteiger partial charge >= 0.3 is 0 Å². The summed E-state index contributed by atoms with van der Waals surface area (Å²) in [5.41, 5.74) is 6.50. The van der Waals surface area contributed by atoms with E-state index in [0.29, 0.717) is 17.9 Å². The van der Waals surface area contributed by atoms with Crippen LogP contribution in [0.1, 0.15) is 0 Å². The number of hydrogen-bond donors (Lipinski definition) is 3. The van der Waals surface area contributed by atoms with Gasteiger partial charge in [0.15, 0.2) is 0 Å². The Hall–Kier alpha value is -1.35. The van der Waals surface area contributed by atoms with Gasteiger partial charge in [-0.3, -0.25) is 4.90 Å². The number of nitrogens with zero attached hydrogens (tertiary/aromatic N) is 2. The number of benzene rings is 1. The number of nitrogen functional groups attached to an aromatic ring is 1. The molecule has 21 heavy (non-hydrogen) atoms. The van der Waals surface area contributed by atoms with Gasteiger partial charge in [0.1, 0.15) is 4.90 Å². The van der Waals surface area contributed by atoms with E-state index in [9.17, 15) is 8.42 Å². The van der Waals surface area contributed by atoms with Crippen molar-refractivity contribution in [2.24, 2.45) is 5.14 Å². The SMILES string of the molecule is CN1CCN(CCNc2ccc(N)cc2S(N)(=O)=O)CC1. The van der Waals surface area contributed by atoms with E-state index in [0.717, 1.165) is 32.7 Å². The van der Waals surface area contributed by atoms with Gasteiger partial charge in [-0.2, -0.15) is 0 Å². The van der Waals surface area contributed by atoms with E-state index in [4.69, 9.17) is 10.9 Å². The van der Waals surface area contributed by atoms with E-state index < -0.39 is 10.0 Å². The van der Waals surface area contributed by atoms with Gasteiger partial charge < -0.3 is 16.0 Å². The lowest BCUT2D eigenvalue weighted by atomic mass is 10.3. The van der Waals surface area contributed by atoms with Crippen molar-refractivity contribution in [3.8, 4) is 0 Å². The lowest BCUT2D eigenvalue weighted by molar-refractivity contribution is 0.158. The topological polar surface area (TPSA) is 105 Å². The summed E-state index contributed by atoms with van der Waals surface area (Å²) >= 11 is 0. The third-order valence-corrected chi connectivity index (χ3v) is 4.60. The first kappa shape index (κ1) is 16.0. The minimum Gasteiger partial charge on any atom is -0.399 e. The maximum absolute atomic E-state index is 11.6. The molecule has 1 aliphatic heterocycles. The Kier molecular flexibility index (Phi) is 5.04. The molecular weight excluding hydrogens is 290 g/mol. The molecule has 0 amide bonds. The number of anilines is 2. The van der Waals surface area contributed by atoms with Crippen LogP contribution < -0.4 is 16.2 Å². The second-order valence-electron chi connectivity index (χ2n) is 5.37. The number of sulfonamides is 1. The average Bonchev–Trinajstić information content (AvgIpc) is 2.41. The molecule has 8 heteroatoms. The molecule has 0 unspecified atom stereocenters.